The largest absolute Gasteiger partial charge is 0.316 e. The molecule has 4 nitrogen and oxygen atoms in total. The Kier molecular flexibility index (Phi) is 4.87. The summed E-state index contributed by atoms with van der Waals surface area (Å²) in [7, 11) is -2.03. The maximum atomic E-state index is 13.3. The fourth-order valence-electron chi connectivity index (χ4n) is 1.76. The first-order valence-electron chi connectivity index (χ1n) is 5.96. The van der Waals surface area contributed by atoms with Gasteiger partial charge in [-0.25, -0.2) is 17.5 Å². The normalized spacial score (nSPS) is 11.7. The molecule has 1 aromatic heterocycles. The molecular weight excluding hydrogens is 299 g/mol. The summed E-state index contributed by atoms with van der Waals surface area (Å²) in [5.74, 6) is -0.569. The molecule has 0 aliphatic heterocycles. The summed E-state index contributed by atoms with van der Waals surface area (Å²) < 4.78 is 40.4. The van der Waals surface area contributed by atoms with Crippen molar-refractivity contribution in [3.8, 4) is 0 Å². The Balaban J connectivity index is 2.26. The lowest BCUT2D eigenvalue weighted by molar-refractivity contribution is 0.574. The standard InChI is InChI=1S/C13H15FN2O2S2/c1-15-8-11-2-3-12(14)6-13(11)20(17,18)16-7-10-4-5-19-9-10/h2-6,9,15-16H,7-8H2,1H3. The van der Waals surface area contributed by atoms with Gasteiger partial charge in [-0.05, 0) is 47.1 Å². The van der Waals surface area contributed by atoms with Crippen molar-refractivity contribution in [1.82, 2.24) is 10.0 Å². The maximum Gasteiger partial charge on any atom is 0.241 e. The summed E-state index contributed by atoms with van der Waals surface area (Å²) in [6, 6.07) is 5.62. The summed E-state index contributed by atoms with van der Waals surface area (Å²) in [5, 5.41) is 6.61. The molecule has 0 spiro atoms. The number of hydrogen-bond donors (Lipinski definition) is 2. The summed E-state index contributed by atoms with van der Waals surface area (Å²) in [6.45, 7) is 0.552. The zero-order valence-corrected chi connectivity index (χ0v) is 12.5. The minimum Gasteiger partial charge on any atom is -0.316 e. The van der Waals surface area contributed by atoms with E-state index < -0.39 is 15.8 Å². The predicted molar refractivity (Wildman–Crippen MR) is 77.5 cm³/mol. The van der Waals surface area contributed by atoms with Crippen LogP contribution in [0.4, 0.5) is 4.39 Å². The molecule has 0 radical (unpaired) electrons. The predicted octanol–water partition coefficient (Wildman–Crippen LogP) is 2.09. The van der Waals surface area contributed by atoms with Crippen LogP contribution in [0.3, 0.4) is 0 Å². The van der Waals surface area contributed by atoms with Gasteiger partial charge in [0.2, 0.25) is 10.0 Å². The van der Waals surface area contributed by atoms with Gasteiger partial charge in [0.1, 0.15) is 5.82 Å². The fourth-order valence-corrected chi connectivity index (χ4v) is 3.70. The van der Waals surface area contributed by atoms with Crippen LogP contribution in [0.2, 0.25) is 0 Å². The van der Waals surface area contributed by atoms with E-state index in [2.05, 4.69) is 10.0 Å². The van der Waals surface area contributed by atoms with Gasteiger partial charge in [0, 0.05) is 13.1 Å². The van der Waals surface area contributed by atoms with Crippen LogP contribution in [0.15, 0.2) is 39.9 Å². The molecule has 0 atom stereocenters. The molecule has 0 aliphatic rings. The van der Waals surface area contributed by atoms with Crippen LogP contribution < -0.4 is 10.0 Å². The van der Waals surface area contributed by atoms with Crippen molar-refractivity contribution in [3.05, 3.63) is 52.0 Å². The van der Waals surface area contributed by atoms with Crippen LogP contribution in [0.25, 0.3) is 0 Å². The van der Waals surface area contributed by atoms with E-state index in [4.69, 9.17) is 0 Å². The van der Waals surface area contributed by atoms with E-state index in [-0.39, 0.29) is 11.4 Å². The molecule has 0 amide bonds. The van der Waals surface area contributed by atoms with Gasteiger partial charge in [-0.3, -0.25) is 0 Å². The average Bonchev–Trinajstić information content (AvgIpc) is 2.92. The number of benzene rings is 1. The lowest BCUT2D eigenvalue weighted by Crippen LogP contribution is -2.25. The van der Waals surface area contributed by atoms with Crippen molar-refractivity contribution in [1.29, 1.82) is 0 Å². The summed E-state index contributed by atoms with van der Waals surface area (Å²) in [4.78, 5) is -0.0259. The second-order valence-corrected chi connectivity index (χ2v) is 6.75. The van der Waals surface area contributed by atoms with Crippen molar-refractivity contribution in [2.45, 2.75) is 18.0 Å². The molecule has 1 aromatic carbocycles. The number of hydrogen-bond acceptors (Lipinski definition) is 4. The highest BCUT2D eigenvalue weighted by molar-refractivity contribution is 7.89. The Labute approximate surface area is 121 Å². The Morgan fingerprint density at radius 3 is 2.70 bits per heavy atom. The molecule has 2 N–H and O–H groups in total. The van der Waals surface area contributed by atoms with E-state index in [0.717, 1.165) is 11.6 Å². The number of nitrogens with one attached hydrogen (secondary N) is 2. The molecule has 0 aliphatic carbocycles. The summed E-state index contributed by atoms with van der Waals surface area (Å²) in [6.07, 6.45) is 0. The number of rotatable bonds is 6. The van der Waals surface area contributed by atoms with Crippen LogP contribution in [0, 0.1) is 5.82 Å². The quantitative estimate of drug-likeness (QED) is 0.858. The van der Waals surface area contributed by atoms with Gasteiger partial charge in [-0.2, -0.15) is 11.3 Å². The third kappa shape index (κ3) is 3.63. The molecule has 20 heavy (non-hydrogen) atoms. The van der Waals surface area contributed by atoms with Crippen LogP contribution in [0.1, 0.15) is 11.1 Å². The van der Waals surface area contributed by atoms with Crippen molar-refractivity contribution < 1.29 is 12.8 Å². The van der Waals surface area contributed by atoms with E-state index in [1.54, 1.807) is 7.05 Å². The first kappa shape index (κ1) is 15.1. The number of sulfonamides is 1. The van der Waals surface area contributed by atoms with E-state index in [9.17, 15) is 12.8 Å². The molecule has 0 unspecified atom stereocenters. The minimum atomic E-state index is -3.74. The lowest BCUT2D eigenvalue weighted by Gasteiger charge is -2.11. The SMILES string of the molecule is CNCc1ccc(F)cc1S(=O)(=O)NCc1ccsc1. The fraction of sp³-hybridized carbons (Fsp3) is 0.231. The first-order valence-corrected chi connectivity index (χ1v) is 8.39. The maximum absolute atomic E-state index is 13.3. The van der Waals surface area contributed by atoms with Gasteiger partial charge in [-0.1, -0.05) is 6.07 Å². The number of halogens is 1. The molecule has 2 rings (SSSR count). The Hall–Kier alpha value is -1.28. The van der Waals surface area contributed by atoms with Gasteiger partial charge in [0.15, 0.2) is 0 Å². The lowest BCUT2D eigenvalue weighted by atomic mass is 10.2. The van der Waals surface area contributed by atoms with Gasteiger partial charge in [-0.15, -0.1) is 0 Å². The molecule has 0 fully saturated rings. The molecule has 0 saturated heterocycles. The van der Waals surface area contributed by atoms with E-state index in [1.165, 1.54) is 23.5 Å². The second kappa shape index (κ2) is 6.45. The summed E-state index contributed by atoms with van der Waals surface area (Å²) >= 11 is 1.49. The second-order valence-electron chi connectivity index (χ2n) is 4.24. The Morgan fingerprint density at radius 1 is 1.25 bits per heavy atom. The van der Waals surface area contributed by atoms with Crippen molar-refractivity contribution >= 4 is 21.4 Å². The summed E-state index contributed by atoms with van der Waals surface area (Å²) in [5.41, 5.74) is 1.41. The zero-order valence-electron chi connectivity index (χ0n) is 10.9. The first-order chi connectivity index (χ1) is 9.53. The molecule has 108 valence electrons. The van der Waals surface area contributed by atoms with Crippen LogP contribution in [-0.2, 0) is 23.1 Å². The van der Waals surface area contributed by atoms with Crippen molar-refractivity contribution in [2.24, 2.45) is 0 Å². The molecular formula is C13H15FN2O2S2. The smallest absolute Gasteiger partial charge is 0.241 e. The highest BCUT2D eigenvalue weighted by atomic mass is 32.2. The van der Waals surface area contributed by atoms with E-state index in [1.807, 2.05) is 16.8 Å². The van der Waals surface area contributed by atoms with Gasteiger partial charge in [0.25, 0.3) is 0 Å². The van der Waals surface area contributed by atoms with E-state index >= 15 is 0 Å². The molecule has 2 aromatic rings. The highest BCUT2D eigenvalue weighted by Gasteiger charge is 2.19. The third-order valence-corrected chi connectivity index (χ3v) is 4.95. The van der Waals surface area contributed by atoms with Crippen LogP contribution in [0.5, 0.6) is 0 Å². The Morgan fingerprint density at radius 2 is 2.05 bits per heavy atom. The van der Waals surface area contributed by atoms with Crippen LogP contribution >= 0.6 is 11.3 Å². The highest BCUT2D eigenvalue weighted by Crippen LogP contribution is 2.18. The minimum absolute atomic E-state index is 0.0259. The molecule has 0 saturated carbocycles. The van der Waals surface area contributed by atoms with Gasteiger partial charge < -0.3 is 5.32 Å². The van der Waals surface area contributed by atoms with Crippen molar-refractivity contribution in [3.63, 3.8) is 0 Å². The number of thiophene rings is 1. The molecule has 0 bridgehead atoms. The topological polar surface area (TPSA) is 58.2 Å². The van der Waals surface area contributed by atoms with E-state index in [0.29, 0.717) is 12.1 Å². The third-order valence-electron chi connectivity index (χ3n) is 2.73. The monoisotopic (exact) mass is 314 g/mol. The van der Waals surface area contributed by atoms with Gasteiger partial charge in [0.05, 0.1) is 4.90 Å². The zero-order chi connectivity index (χ0) is 14.6. The molecule has 1 heterocycles. The molecule has 7 heteroatoms. The average molecular weight is 314 g/mol. The van der Waals surface area contributed by atoms with Gasteiger partial charge >= 0.3 is 0 Å². The Bertz CT molecular complexity index is 670. The van der Waals surface area contributed by atoms with Crippen molar-refractivity contribution in [2.75, 3.05) is 7.05 Å². The van der Waals surface area contributed by atoms with Crippen LogP contribution in [-0.4, -0.2) is 15.5 Å².